The van der Waals surface area contributed by atoms with E-state index in [4.69, 9.17) is 10.5 Å². The number of nitrogens with zero attached hydrogens (tertiary/aromatic N) is 1. The number of aliphatic hydroxyl groups is 3. The van der Waals surface area contributed by atoms with Crippen LogP contribution in [-0.4, -0.2) is 99.0 Å². The molecule has 0 aromatic rings. The number of hydrogen-bond acceptors (Lipinski definition) is 8. The van der Waals surface area contributed by atoms with E-state index in [0.29, 0.717) is 25.8 Å². The van der Waals surface area contributed by atoms with Crippen molar-refractivity contribution in [2.75, 3.05) is 6.54 Å². The van der Waals surface area contributed by atoms with Gasteiger partial charge in [0.25, 0.3) is 0 Å². The number of amides is 4. The van der Waals surface area contributed by atoms with E-state index in [1.807, 2.05) is 13.8 Å². The third kappa shape index (κ3) is 7.35. The summed E-state index contributed by atoms with van der Waals surface area (Å²) in [5, 5.41) is 35.2. The number of carbonyl (C=O) groups excluding carboxylic acids is 4. The van der Waals surface area contributed by atoms with Crippen molar-refractivity contribution in [3.63, 3.8) is 0 Å². The van der Waals surface area contributed by atoms with E-state index in [0.717, 1.165) is 0 Å². The summed E-state index contributed by atoms with van der Waals surface area (Å²) in [5.74, 6) is -1.96. The molecule has 0 bridgehead atoms. The van der Waals surface area contributed by atoms with Crippen molar-refractivity contribution in [3.8, 4) is 0 Å². The van der Waals surface area contributed by atoms with Gasteiger partial charge in [0, 0.05) is 6.54 Å². The fourth-order valence-corrected chi connectivity index (χ4v) is 4.57. The number of aliphatic hydroxyl groups excluding tert-OH is 3. The Kier molecular flexibility index (Phi) is 10.4. The standard InChI is InChI=1S/C23H40N4O8/c1-5-13(25-17(28)10-16-19(30)20(31)18(29)12(4)35-16)23(34)27-8-6-7-15(27)22(33)26-14(21(24)32)9-11(2)3/h11-16,18-20,29-31H,5-10H2,1-4H3,(H2,24,32)(H,25,28)(H,26,33)/t12-,13-,14-,15-,16-,18+,19+,20+/m0/s1. The van der Waals surface area contributed by atoms with Gasteiger partial charge in [-0.2, -0.15) is 0 Å². The molecule has 2 saturated heterocycles. The second-order valence-electron chi connectivity index (χ2n) is 9.87. The van der Waals surface area contributed by atoms with Gasteiger partial charge in [-0.05, 0) is 38.5 Å². The van der Waals surface area contributed by atoms with Crippen LogP contribution >= 0.6 is 0 Å². The first kappa shape index (κ1) is 29.0. The molecule has 7 N–H and O–H groups in total. The van der Waals surface area contributed by atoms with Crippen molar-refractivity contribution in [3.05, 3.63) is 0 Å². The molecule has 200 valence electrons. The highest BCUT2D eigenvalue weighted by molar-refractivity contribution is 5.94. The smallest absolute Gasteiger partial charge is 0.245 e. The molecule has 4 amide bonds. The van der Waals surface area contributed by atoms with E-state index < -0.39 is 72.3 Å². The molecule has 0 saturated carbocycles. The minimum atomic E-state index is -1.46. The van der Waals surface area contributed by atoms with Gasteiger partial charge in [0.1, 0.15) is 36.4 Å². The lowest BCUT2D eigenvalue weighted by Gasteiger charge is -2.39. The predicted octanol–water partition coefficient (Wildman–Crippen LogP) is -1.85. The van der Waals surface area contributed by atoms with Crippen LogP contribution in [0.25, 0.3) is 0 Å². The van der Waals surface area contributed by atoms with Crippen molar-refractivity contribution >= 4 is 23.6 Å². The largest absolute Gasteiger partial charge is 0.388 e. The van der Waals surface area contributed by atoms with Crippen molar-refractivity contribution in [2.24, 2.45) is 11.7 Å². The summed E-state index contributed by atoms with van der Waals surface area (Å²) in [6.45, 7) is 7.38. The number of nitrogens with one attached hydrogen (secondary N) is 2. The van der Waals surface area contributed by atoms with E-state index in [-0.39, 0.29) is 18.8 Å². The molecule has 8 atom stereocenters. The Morgan fingerprint density at radius 3 is 2.29 bits per heavy atom. The summed E-state index contributed by atoms with van der Waals surface area (Å²) >= 11 is 0. The molecule has 0 radical (unpaired) electrons. The van der Waals surface area contributed by atoms with Crippen LogP contribution in [0.4, 0.5) is 0 Å². The molecule has 0 aliphatic carbocycles. The number of carbonyl (C=O) groups is 4. The van der Waals surface area contributed by atoms with E-state index in [2.05, 4.69) is 10.6 Å². The molecule has 0 spiro atoms. The monoisotopic (exact) mass is 500 g/mol. The zero-order valence-electron chi connectivity index (χ0n) is 20.8. The third-order valence-corrected chi connectivity index (χ3v) is 6.58. The number of likely N-dealkylation sites (tertiary alicyclic amines) is 1. The van der Waals surface area contributed by atoms with E-state index in [1.54, 1.807) is 6.92 Å². The molecule has 35 heavy (non-hydrogen) atoms. The van der Waals surface area contributed by atoms with Gasteiger partial charge in [0.15, 0.2) is 0 Å². The van der Waals surface area contributed by atoms with Gasteiger partial charge < -0.3 is 41.3 Å². The first-order valence-corrected chi connectivity index (χ1v) is 12.3. The Morgan fingerprint density at radius 2 is 1.71 bits per heavy atom. The average Bonchev–Trinajstić information content (AvgIpc) is 3.28. The first-order chi connectivity index (χ1) is 16.4. The molecule has 2 heterocycles. The van der Waals surface area contributed by atoms with Gasteiger partial charge in [0.2, 0.25) is 23.6 Å². The zero-order valence-corrected chi connectivity index (χ0v) is 20.8. The van der Waals surface area contributed by atoms with Crippen LogP contribution in [0.5, 0.6) is 0 Å². The molecular weight excluding hydrogens is 460 g/mol. The molecule has 2 fully saturated rings. The van der Waals surface area contributed by atoms with Gasteiger partial charge in [-0.1, -0.05) is 20.8 Å². The van der Waals surface area contributed by atoms with Crippen LogP contribution in [-0.2, 0) is 23.9 Å². The average molecular weight is 501 g/mol. The fraction of sp³-hybridized carbons (Fsp3) is 0.826. The van der Waals surface area contributed by atoms with Gasteiger partial charge in [-0.3, -0.25) is 19.2 Å². The molecule has 2 rings (SSSR count). The minimum absolute atomic E-state index is 0.132. The highest BCUT2D eigenvalue weighted by Crippen LogP contribution is 2.24. The van der Waals surface area contributed by atoms with Crippen molar-refractivity contribution in [1.29, 1.82) is 0 Å². The van der Waals surface area contributed by atoms with E-state index in [9.17, 15) is 34.5 Å². The van der Waals surface area contributed by atoms with Crippen LogP contribution in [0.15, 0.2) is 0 Å². The Labute approximate surface area is 205 Å². The lowest BCUT2D eigenvalue weighted by molar-refractivity contribution is -0.218. The topological polar surface area (TPSA) is 192 Å². The fourth-order valence-electron chi connectivity index (χ4n) is 4.57. The molecule has 12 nitrogen and oxygen atoms in total. The first-order valence-electron chi connectivity index (χ1n) is 12.3. The molecular formula is C23H40N4O8. The predicted molar refractivity (Wildman–Crippen MR) is 125 cm³/mol. The Bertz CT molecular complexity index is 779. The minimum Gasteiger partial charge on any atom is -0.388 e. The maximum atomic E-state index is 13.2. The summed E-state index contributed by atoms with van der Waals surface area (Å²) in [6, 6.07) is -2.52. The van der Waals surface area contributed by atoms with Crippen molar-refractivity contribution in [1.82, 2.24) is 15.5 Å². The third-order valence-electron chi connectivity index (χ3n) is 6.58. The maximum absolute atomic E-state index is 13.2. The maximum Gasteiger partial charge on any atom is 0.245 e. The van der Waals surface area contributed by atoms with Crippen LogP contribution in [0.2, 0.25) is 0 Å². The van der Waals surface area contributed by atoms with Gasteiger partial charge >= 0.3 is 0 Å². The van der Waals surface area contributed by atoms with E-state index in [1.165, 1.54) is 11.8 Å². The highest BCUT2D eigenvalue weighted by atomic mass is 16.5. The molecule has 0 aromatic heterocycles. The summed E-state index contributed by atoms with van der Waals surface area (Å²) in [6.07, 6.45) is -4.67. The lowest BCUT2D eigenvalue weighted by atomic mass is 9.94. The van der Waals surface area contributed by atoms with Crippen molar-refractivity contribution < 1.29 is 39.2 Å². The van der Waals surface area contributed by atoms with Crippen LogP contribution in [0, 0.1) is 5.92 Å². The number of primary amides is 1. The van der Waals surface area contributed by atoms with Crippen LogP contribution in [0.3, 0.4) is 0 Å². The molecule has 2 aliphatic rings. The molecule has 12 heteroatoms. The van der Waals surface area contributed by atoms with Crippen LogP contribution < -0.4 is 16.4 Å². The summed E-state index contributed by atoms with van der Waals surface area (Å²) in [4.78, 5) is 51.9. The summed E-state index contributed by atoms with van der Waals surface area (Å²) in [7, 11) is 0. The Morgan fingerprint density at radius 1 is 1.06 bits per heavy atom. The number of nitrogens with two attached hydrogens (primary N) is 1. The number of rotatable bonds is 10. The van der Waals surface area contributed by atoms with E-state index >= 15 is 0 Å². The Balaban J connectivity index is 2.01. The van der Waals surface area contributed by atoms with Crippen LogP contribution in [0.1, 0.15) is 59.8 Å². The SMILES string of the molecule is CC[C@H](NC(=O)C[C@@H]1O[C@@H](C)[C@@H](O)[C@@H](O)[C@@H]1O)C(=O)N1CCC[C@H]1C(=O)N[C@@H](CC(C)C)C(N)=O. The zero-order chi connectivity index (χ0) is 26.4. The number of hydrogen-bond donors (Lipinski definition) is 6. The molecule has 2 aliphatic heterocycles. The Hall–Kier alpha value is -2.28. The molecule has 0 unspecified atom stereocenters. The highest BCUT2D eigenvalue weighted by Gasteiger charge is 2.43. The normalized spacial score (nSPS) is 30.6. The van der Waals surface area contributed by atoms with Crippen molar-refractivity contribution in [2.45, 2.75) is 108 Å². The van der Waals surface area contributed by atoms with Gasteiger partial charge in [-0.15, -0.1) is 0 Å². The second kappa shape index (κ2) is 12.6. The molecule has 0 aromatic carbocycles. The summed E-state index contributed by atoms with van der Waals surface area (Å²) in [5.41, 5.74) is 5.42. The van der Waals surface area contributed by atoms with Gasteiger partial charge in [-0.25, -0.2) is 0 Å². The van der Waals surface area contributed by atoms with Gasteiger partial charge in [0.05, 0.1) is 18.6 Å². The second-order valence-corrected chi connectivity index (χ2v) is 9.87. The summed E-state index contributed by atoms with van der Waals surface area (Å²) < 4.78 is 5.45. The quantitative estimate of drug-likeness (QED) is 0.201. The lowest BCUT2D eigenvalue weighted by Crippen LogP contribution is -2.58. The number of ether oxygens (including phenoxy) is 1.